The Hall–Kier alpha value is -1.20. The van der Waals surface area contributed by atoms with Crippen LogP contribution in [0, 0.1) is 0 Å². The molecule has 0 bridgehead atoms. The van der Waals surface area contributed by atoms with Gasteiger partial charge in [0.15, 0.2) is 0 Å². The first-order chi connectivity index (χ1) is 10.8. The lowest BCUT2D eigenvalue weighted by Gasteiger charge is -2.22. The molecule has 0 fully saturated rings. The third kappa shape index (κ3) is 4.64. The summed E-state index contributed by atoms with van der Waals surface area (Å²) in [5.41, 5.74) is 2.28. The maximum atomic E-state index is 12.7. The molecule has 2 rings (SSSR count). The van der Waals surface area contributed by atoms with Crippen molar-refractivity contribution in [2.75, 3.05) is 12.0 Å². The van der Waals surface area contributed by atoms with E-state index in [1.54, 1.807) is 16.3 Å². The second-order valence-electron chi connectivity index (χ2n) is 6.25. The van der Waals surface area contributed by atoms with Crippen LogP contribution in [-0.4, -0.2) is 28.3 Å². The molecule has 1 aromatic heterocycles. The average molecular weight is 396 g/mol. The number of carbonyl (C=O) groups is 1. The fourth-order valence-corrected chi connectivity index (χ4v) is 3.18. The molecule has 1 aromatic carbocycles. The molecule has 5 heteroatoms. The fraction of sp³-hybridized carbons (Fsp3) is 0.389. The van der Waals surface area contributed by atoms with Crippen molar-refractivity contribution in [2.24, 2.45) is 0 Å². The van der Waals surface area contributed by atoms with E-state index in [0.29, 0.717) is 0 Å². The quantitative estimate of drug-likeness (QED) is 0.674. The predicted octanol–water partition coefficient (Wildman–Crippen LogP) is 5.61. The summed E-state index contributed by atoms with van der Waals surface area (Å²) in [5, 5.41) is 0. The number of aryl methyl sites for hydroxylation is 1. The normalized spacial score (nSPS) is 11.5. The number of nitrogens with zero attached hydrogens (tertiary/aromatic N) is 1. The van der Waals surface area contributed by atoms with Gasteiger partial charge < -0.3 is 4.74 Å². The highest BCUT2D eigenvalue weighted by atomic mass is 79.9. The first kappa shape index (κ1) is 18.1. The van der Waals surface area contributed by atoms with Gasteiger partial charge >= 0.3 is 6.09 Å². The number of benzene rings is 1. The molecule has 1 heterocycles. The van der Waals surface area contributed by atoms with Gasteiger partial charge in [0, 0.05) is 15.7 Å². The van der Waals surface area contributed by atoms with Crippen LogP contribution in [0.3, 0.4) is 0 Å². The minimum Gasteiger partial charge on any atom is -0.443 e. The third-order valence-corrected chi connectivity index (χ3v) is 4.55. The van der Waals surface area contributed by atoms with Gasteiger partial charge in [0.2, 0.25) is 0 Å². The molecule has 0 saturated heterocycles. The van der Waals surface area contributed by atoms with Crippen molar-refractivity contribution in [3.05, 3.63) is 46.6 Å². The summed E-state index contributed by atoms with van der Waals surface area (Å²) >= 11 is 5.33. The Morgan fingerprint density at radius 1 is 1.22 bits per heavy atom. The van der Waals surface area contributed by atoms with Crippen LogP contribution in [0.25, 0.3) is 11.3 Å². The summed E-state index contributed by atoms with van der Waals surface area (Å²) in [4.78, 5) is 12.7. The lowest BCUT2D eigenvalue weighted by Crippen LogP contribution is -2.28. The van der Waals surface area contributed by atoms with E-state index < -0.39 is 5.60 Å². The Labute approximate surface area is 150 Å². The molecular formula is C18H22BrNO2S. The molecule has 0 radical (unpaired) electrons. The van der Waals surface area contributed by atoms with Gasteiger partial charge in [-0.25, -0.2) is 9.36 Å². The van der Waals surface area contributed by atoms with E-state index in [9.17, 15) is 4.79 Å². The summed E-state index contributed by atoms with van der Waals surface area (Å²) in [6, 6.07) is 11.9. The summed E-state index contributed by atoms with van der Waals surface area (Å²) in [6.45, 7) is 5.65. The van der Waals surface area contributed by atoms with Gasteiger partial charge in [0.25, 0.3) is 0 Å². The van der Waals surface area contributed by atoms with Crippen LogP contribution in [0.1, 0.15) is 26.5 Å². The van der Waals surface area contributed by atoms with Crippen LogP contribution < -0.4 is 0 Å². The molecule has 2 aromatic rings. The number of halogens is 1. The van der Waals surface area contributed by atoms with Crippen molar-refractivity contribution in [3.8, 4) is 11.3 Å². The molecule has 23 heavy (non-hydrogen) atoms. The predicted molar refractivity (Wildman–Crippen MR) is 101 cm³/mol. The molecular weight excluding hydrogens is 374 g/mol. The smallest absolute Gasteiger partial charge is 0.419 e. The Morgan fingerprint density at radius 3 is 2.52 bits per heavy atom. The van der Waals surface area contributed by atoms with Crippen molar-refractivity contribution >= 4 is 33.8 Å². The zero-order chi connectivity index (χ0) is 17.0. The second-order valence-corrected chi connectivity index (χ2v) is 8.09. The Balaban J connectivity index is 2.49. The average Bonchev–Trinajstić information content (AvgIpc) is 2.87. The zero-order valence-electron chi connectivity index (χ0n) is 13.9. The van der Waals surface area contributed by atoms with Gasteiger partial charge in [-0.3, -0.25) is 0 Å². The van der Waals surface area contributed by atoms with Gasteiger partial charge in [-0.1, -0.05) is 34.1 Å². The molecule has 0 amide bonds. The summed E-state index contributed by atoms with van der Waals surface area (Å²) in [5.74, 6) is 0.961. The van der Waals surface area contributed by atoms with Gasteiger partial charge in [0.1, 0.15) is 5.60 Å². The SMILES string of the molecule is CSCCc1ccc(-c2ccccc2Br)n1C(=O)OC(C)(C)C. The van der Waals surface area contributed by atoms with E-state index in [1.165, 1.54) is 0 Å². The van der Waals surface area contributed by atoms with Gasteiger partial charge in [-0.15, -0.1) is 0 Å². The number of aromatic nitrogens is 1. The fourth-order valence-electron chi connectivity index (χ4n) is 2.28. The summed E-state index contributed by atoms with van der Waals surface area (Å²) in [7, 11) is 0. The largest absolute Gasteiger partial charge is 0.443 e. The van der Waals surface area contributed by atoms with Crippen molar-refractivity contribution in [2.45, 2.75) is 32.8 Å². The molecule has 0 aliphatic heterocycles. The molecule has 0 atom stereocenters. The molecule has 3 nitrogen and oxygen atoms in total. The number of hydrogen-bond acceptors (Lipinski definition) is 3. The summed E-state index contributed by atoms with van der Waals surface area (Å²) < 4.78 is 8.26. The minimum atomic E-state index is -0.524. The van der Waals surface area contributed by atoms with Crippen LogP contribution >= 0.6 is 27.7 Å². The lowest BCUT2D eigenvalue weighted by molar-refractivity contribution is 0.0536. The number of ether oxygens (including phenoxy) is 1. The lowest BCUT2D eigenvalue weighted by atomic mass is 10.1. The number of carbonyl (C=O) groups excluding carboxylic acids is 1. The van der Waals surface area contributed by atoms with Crippen LogP contribution in [0.2, 0.25) is 0 Å². The number of thioether (sulfide) groups is 1. The van der Waals surface area contributed by atoms with Crippen LogP contribution in [0.5, 0.6) is 0 Å². The monoisotopic (exact) mass is 395 g/mol. The number of hydrogen-bond donors (Lipinski definition) is 0. The molecule has 0 unspecified atom stereocenters. The van der Waals surface area contributed by atoms with E-state index in [4.69, 9.17) is 4.74 Å². The molecule has 0 N–H and O–H groups in total. The Kier molecular flexibility index (Phi) is 5.98. The van der Waals surface area contributed by atoms with Gasteiger partial charge in [-0.05, 0) is 57.4 Å². The van der Waals surface area contributed by atoms with Crippen molar-refractivity contribution in [3.63, 3.8) is 0 Å². The molecule has 0 aliphatic carbocycles. The molecule has 0 saturated carbocycles. The second kappa shape index (κ2) is 7.58. The van der Waals surface area contributed by atoms with E-state index in [-0.39, 0.29) is 6.09 Å². The number of rotatable bonds is 4. The van der Waals surface area contributed by atoms with E-state index in [2.05, 4.69) is 22.2 Å². The highest BCUT2D eigenvalue weighted by Crippen LogP contribution is 2.30. The molecule has 124 valence electrons. The van der Waals surface area contributed by atoms with Crippen LogP contribution in [0.4, 0.5) is 4.79 Å². The first-order valence-electron chi connectivity index (χ1n) is 7.51. The Bertz CT molecular complexity index is 689. The maximum Gasteiger partial charge on any atom is 0.419 e. The Morgan fingerprint density at radius 2 is 1.91 bits per heavy atom. The van der Waals surface area contributed by atoms with Crippen LogP contribution in [-0.2, 0) is 11.2 Å². The highest BCUT2D eigenvalue weighted by molar-refractivity contribution is 9.10. The highest BCUT2D eigenvalue weighted by Gasteiger charge is 2.23. The third-order valence-electron chi connectivity index (χ3n) is 3.25. The van der Waals surface area contributed by atoms with Gasteiger partial charge in [0.05, 0.1) is 5.69 Å². The van der Waals surface area contributed by atoms with Crippen molar-refractivity contribution in [1.29, 1.82) is 0 Å². The van der Waals surface area contributed by atoms with E-state index in [1.807, 2.05) is 57.2 Å². The van der Waals surface area contributed by atoms with Crippen molar-refractivity contribution in [1.82, 2.24) is 4.57 Å². The summed E-state index contributed by atoms with van der Waals surface area (Å²) in [6.07, 6.45) is 2.56. The minimum absolute atomic E-state index is 0.329. The molecule has 0 aliphatic rings. The van der Waals surface area contributed by atoms with Crippen molar-refractivity contribution < 1.29 is 9.53 Å². The topological polar surface area (TPSA) is 31.2 Å². The maximum absolute atomic E-state index is 12.7. The first-order valence-corrected chi connectivity index (χ1v) is 9.70. The zero-order valence-corrected chi connectivity index (χ0v) is 16.3. The standard InChI is InChI=1S/C18H22BrNO2S/c1-18(2,3)22-17(21)20-13(11-12-23-4)9-10-16(20)14-7-5-6-8-15(14)19/h5-10H,11-12H2,1-4H3. The van der Waals surface area contributed by atoms with Gasteiger partial charge in [-0.2, -0.15) is 11.8 Å². The van der Waals surface area contributed by atoms with E-state index >= 15 is 0 Å². The van der Waals surface area contributed by atoms with E-state index in [0.717, 1.165) is 33.6 Å². The molecule has 0 spiro atoms. The van der Waals surface area contributed by atoms with Crippen LogP contribution in [0.15, 0.2) is 40.9 Å².